The Hall–Kier alpha value is -1.30. The molecule has 0 aromatic carbocycles. The van der Waals surface area contributed by atoms with E-state index in [1.807, 2.05) is 13.8 Å². The van der Waals surface area contributed by atoms with Crippen molar-refractivity contribution in [2.75, 3.05) is 19.6 Å². The molecule has 1 atom stereocenters. The summed E-state index contributed by atoms with van der Waals surface area (Å²) in [6, 6.07) is -0.0553. The first-order valence-electron chi connectivity index (χ1n) is 5.94. The first-order valence-corrected chi connectivity index (χ1v) is 5.94. The lowest BCUT2D eigenvalue weighted by Crippen LogP contribution is -2.47. The molecule has 0 aromatic heterocycles. The first-order chi connectivity index (χ1) is 7.91. The molecule has 1 aliphatic heterocycles. The van der Waals surface area contributed by atoms with Crippen LogP contribution in [-0.2, 0) is 4.79 Å². The Labute approximate surface area is 101 Å². The van der Waals surface area contributed by atoms with Crippen LogP contribution in [0.2, 0.25) is 0 Å². The molecule has 1 heterocycles. The summed E-state index contributed by atoms with van der Waals surface area (Å²) in [5.74, 6) is -0.887. The lowest BCUT2D eigenvalue weighted by molar-refractivity contribution is -0.137. The van der Waals surface area contributed by atoms with Crippen LogP contribution in [0.5, 0.6) is 0 Å². The van der Waals surface area contributed by atoms with E-state index in [2.05, 4.69) is 0 Å². The van der Waals surface area contributed by atoms with Gasteiger partial charge in [0.25, 0.3) is 0 Å². The Morgan fingerprint density at radius 1 is 1.53 bits per heavy atom. The van der Waals surface area contributed by atoms with Crippen molar-refractivity contribution < 1.29 is 14.7 Å². The number of amides is 2. The fraction of sp³-hybridized carbons (Fsp3) is 0.818. The van der Waals surface area contributed by atoms with Gasteiger partial charge in [0.2, 0.25) is 0 Å². The smallest absolute Gasteiger partial charge is 0.320 e. The molecule has 98 valence electrons. The highest BCUT2D eigenvalue weighted by Crippen LogP contribution is 2.12. The number of likely N-dealkylation sites (tertiary alicyclic amines) is 1. The zero-order chi connectivity index (χ0) is 13.0. The van der Waals surface area contributed by atoms with Gasteiger partial charge in [-0.15, -0.1) is 0 Å². The van der Waals surface area contributed by atoms with Crippen LogP contribution in [0.4, 0.5) is 4.79 Å². The molecular formula is C11H21N3O3. The Morgan fingerprint density at radius 3 is 2.59 bits per heavy atom. The van der Waals surface area contributed by atoms with E-state index in [1.54, 1.807) is 9.80 Å². The number of carbonyl (C=O) groups excluding carboxylic acids is 1. The zero-order valence-electron chi connectivity index (χ0n) is 10.4. The summed E-state index contributed by atoms with van der Waals surface area (Å²) in [5.41, 5.74) is 5.75. The fourth-order valence-electron chi connectivity index (χ4n) is 1.93. The Balaban J connectivity index is 2.57. The van der Waals surface area contributed by atoms with Crippen molar-refractivity contribution in [3.05, 3.63) is 0 Å². The maximum absolute atomic E-state index is 12.1. The molecule has 1 saturated heterocycles. The summed E-state index contributed by atoms with van der Waals surface area (Å²) in [6.07, 6.45) is 0.792. The number of hydrogen-bond donors (Lipinski definition) is 2. The van der Waals surface area contributed by atoms with Crippen molar-refractivity contribution in [2.45, 2.75) is 38.8 Å². The molecule has 1 rings (SSSR count). The Kier molecular flexibility index (Phi) is 4.74. The van der Waals surface area contributed by atoms with Gasteiger partial charge in [0.05, 0.1) is 6.42 Å². The monoisotopic (exact) mass is 243 g/mol. The van der Waals surface area contributed by atoms with Crippen LogP contribution in [0.25, 0.3) is 0 Å². The minimum atomic E-state index is -0.887. The second kappa shape index (κ2) is 5.86. The number of nitrogens with two attached hydrogens (primary N) is 1. The number of carboxylic acids is 1. The summed E-state index contributed by atoms with van der Waals surface area (Å²) in [6.45, 7) is 5.24. The highest BCUT2D eigenvalue weighted by atomic mass is 16.4. The minimum Gasteiger partial charge on any atom is -0.481 e. The predicted octanol–water partition coefficient (Wildman–Crippen LogP) is 0.325. The standard InChI is InChI=1S/C11H21N3O3/c1-8(2)14(6-4-10(15)16)11(17)13-5-3-9(12)7-13/h8-9H,3-7,12H2,1-2H3,(H,15,16). The van der Waals surface area contributed by atoms with Gasteiger partial charge >= 0.3 is 12.0 Å². The topological polar surface area (TPSA) is 86.9 Å². The van der Waals surface area contributed by atoms with Crippen LogP contribution in [0.3, 0.4) is 0 Å². The van der Waals surface area contributed by atoms with Gasteiger partial charge in [-0.1, -0.05) is 0 Å². The second-order valence-electron chi connectivity index (χ2n) is 4.71. The summed E-state index contributed by atoms with van der Waals surface area (Å²) >= 11 is 0. The largest absolute Gasteiger partial charge is 0.481 e. The highest BCUT2D eigenvalue weighted by molar-refractivity contribution is 5.76. The number of hydrogen-bond acceptors (Lipinski definition) is 3. The van der Waals surface area contributed by atoms with Gasteiger partial charge in [-0.2, -0.15) is 0 Å². The molecule has 6 nitrogen and oxygen atoms in total. The lowest BCUT2D eigenvalue weighted by atomic mass is 10.3. The summed E-state index contributed by atoms with van der Waals surface area (Å²) < 4.78 is 0. The second-order valence-corrected chi connectivity index (χ2v) is 4.71. The Bertz CT molecular complexity index is 294. The molecule has 0 aromatic rings. The average molecular weight is 243 g/mol. The van der Waals surface area contributed by atoms with E-state index in [1.165, 1.54) is 0 Å². The molecule has 0 saturated carbocycles. The van der Waals surface area contributed by atoms with Gasteiger partial charge in [0.1, 0.15) is 0 Å². The number of rotatable bonds is 4. The Morgan fingerprint density at radius 2 is 2.18 bits per heavy atom. The van der Waals surface area contributed by atoms with Gasteiger partial charge in [0, 0.05) is 31.7 Å². The van der Waals surface area contributed by atoms with E-state index in [0.29, 0.717) is 13.1 Å². The van der Waals surface area contributed by atoms with Gasteiger partial charge in [-0.3, -0.25) is 4.79 Å². The molecular weight excluding hydrogens is 222 g/mol. The molecule has 3 N–H and O–H groups in total. The molecule has 0 spiro atoms. The number of carboxylic acid groups (broad SMARTS) is 1. The highest BCUT2D eigenvalue weighted by Gasteiger charge is 2.28. The third kappa shape index (κ3) is 3.89. The van der Waals surface area contributed by atoms with Crippen LogP contribution in [0.15, 0.2) is 0 Å². The number of urea groups is 1. The quantitative estimate of drug-likeness (QED) is 0.744. The number of aliphatic carboxylic acids is 1. The van der Waals surface area contributed by atoms with Crippen molar-refractivity contribution in [1.82, 2.24) is 9.80 Å². The molecule has 1 aliphatic rings. The van der Waals surface area contributed by atoms with Crippen LogP contribution >= 0.6 is 0 Å². The third-order valence-corrected chi connectivity index (χ3v) is 2.93. The first kappa shape index (κ1) is 13.8. The summed E-state index contributed by atoms with van der Waals surface area (Å²) in [4.78, 5) is 26.0. The predicted molar refractivity (Wildman–Crippen MR) is 63.7 cm³/mol. The van der Waals surface area contributed by atoms with E-state index >= 15 is 0 Å². The summed E-state index contributed by atoms with van der Waals surface area (Å²) in [5, 5.41) is 8.66. The van der Waals surface area contributed by atoms with Crippen molar-refractivity contribution in [3.63, 3.8) is 0 Å². The van der Waals surface area contributed by atoms with Gasteiger partial charge in [-0.05, 0) is 20.3 Å². The van der Waals surface area contributed by atoms with Gasteiger partial charge in [-0.25, -0.2) is 4.79 Å². The van der Waals surface area contributed by atoms with Crippen molar-refractivity contribution in [3.8, 4) is 0 Å². The third-order valence-electron chi connectivity index (χ3n) is 2.93. The number of nitrogens with zero attached hydrogens (tertiary/aromatic N) is 2. The molecule has 0 radical (unpaired) electrons. The van der Waals surface area contributed by atoms with Crippen LogP contribution in [-0.4, -0.2) is 58.6 Å². The van der Waals surface area contributed by atoms with Crippen molar-refractivity contribution in [2.24, 2.45) is 5.73 Å². The van der Waals surface area contributed by atoms with Gasteiger partial charge < -0.3 is 20.6 Å². The fourth-order valence-corrected chi connectivity index (χ4v) is 1.93. The van der Waals surface area contributed by atoms with Crippen molar-refractivity contribution in [1.29, 1.82) is 0 Å². The molecule has 17 heavy (non-hydrogen) atoms. The average Bonchev–Trinajstić information content (AvgIpc) is 2.63. The van der Waals surface area contributed by atoms with Crippen LogP contribution < -0.4 is 5.73 Å². The molecule has 2 amide bonds. The van der Waals surface area contributed by atoms with E-state index < -0.39 is 5.97 Å². The number of carbonyl (C=O) groups is 2. The zero-order valence-corrected chi connectivity index (χ0v) is 10.4. The lowest BCUT2D eigenvalue weighted by Gasteiger charge is -2.30. The molecule has 6 heteroatoms. The molecule has 1 fully saturated rings. The van der Waals surface area contributed by atoms with Crippen molar-refractivity contribution >= 4 is 12.0 Å². The summed E-state index contributed by atoms with van der Waals surface area (Å²) in [7, 11) is 0. The van der Waals surface area contributed by atoms with Crippen LogP contribution in [0, 0.1) is 0 Å². The molecule has 0 aliphatic carbocycles. The van der Waals surface area contributed by atoms with E-state index in [-0.39, 0.29) is 31.1 Å². The molecule has 1 unspecified atom stereocenters. The normalized spacial score (nSPS) is 19.8. The van der Waals surface area contributed by atoms with Gasteiger partial charge in [0.15, 0.2) is 0 Å². The van der Waals surface area contributed by atoms with E-state index in [4.69, 9.17) is 10.8 Å². The maximum atomic E-state index is 12.1. The van der Waals surface area contributed by atoms with E-state index in [9.17, 15) is 9.59 Å². The minimum absolute atomic E-state index is 0.00123. The molecule has 0 bridgehead atoms. The SMILES string of the molecule is CC(C)N(CCC(=O)O)C(=O)N1CCC(N)C1. The van der Waals surface area contributed by atoms with E-state index in [0.717, 1.165) is 6.42 Å². The maximum Gasteiger partial charge on any atom is 0.320 e. The van der Waals surface area contributed by atoms with Crippen LogP contribution in [0.1, 0.15) is 26.7 Å².